The summed E-state index contributed by atoms with van der Waals surface area (Å²) in [5, 5.41) is 4.43. The predicted molar refractivity (Wildman–Crippen MR) is 92.6 cm³/mol. The number of ether oxygens (including phenoxy) is 1. The molecule has 2 aromatic rings. The number of esters is 1. The number of nitrogens with two attached hydrogens (primary N) is 1. The first-order valence-electron chi connectivity index (χ1n) is 8.26. The highest BCUT2D eigenvalue weighted by Crippen LogP contribution is 2.13. The zero-order valence-corrected chi connectivity index (χ0v) is 14.6. The average molecular weight is 363 g/mol. The number of rotatable bonds is 7. The van der Waals surface area contributed by atoms with Crippen molar-refractivity contribution in [3.05, 3.63) is 65.2 Å². The standard InChI is InChI=1S/C19H20F2N2O3/c1-3-26-19(25)13-4-7-15(8-5-13)23-18(24)11-22-12(2)14-6-9-16(20)17(21)10-14/h4-10,12,22H,3,11H2,1-2H3,(H,23,24)/p+1/t12-/m1/s1. The van der Waals surface area contributed by atoms with E-state index in [0.29, 0.717) is 23.4 Å². The minimum absolute atomic E-state index is 0.111. The molecule has 0 heterocycles. The van der Waals surface area contributed by atoms with Crippen LogP contribution in [0.4, 0.5) is 14.5 Å². The Hall–Kier alpha value is -2.80. The van der Waals surface area contributed by atoms with Gasteiger partial charge < -0.3 is 15.4 Å². The molecule has 0 radical (unpaired) electrons. The van der Waals surface area contributed by atoms with Crippen LogP contribution in [0.2, 0.25) is 0 Å². The molecule has 5 nitrogen and oxygen atoms in total. The second kappa shape index (κ2) is 9.05. The van der Waals surface area contributed by atoms with E-state index in [2.05, 4.69) is 5.32 Å². The molecule has 0 unspecified atom stereocenters. The highest BCUT2D eigenvalue weighted by molar-refractivity contribution is 5.93. The minimum Gasteiger partial charge on any atom is -0.462 e. The van der Waals surface area contributed by atoms with Crippen LogP contribution in [0.15, 0.2) is 42.5 Å². The third-order valence-electron chi connectivity index (χ3n) is 3.81. The zero-order valence-electron chi connectivity index (χ0n) is 14.6. The number of quaternary nitrogens is 1. The van der Waals surface area contributed by atoms with E-state index < -0.39 is 17.6 Å². The first-order valence-corrected chi connectivity index (χ1v) is 8.26. The van der Waals surface area contributed by atoms with Crippen molar-refractivity contribution >= 4 is 17.6 Å². The van der Waals surface area contributed by atoms with Gasteiger partial charge in [-0.1, -0.05) is 0 Å². The van der Waals surface area contributed by atoms with E-state index in [1.807, 2.05) is 0 Å². The monoisotopic (exact) mass is 363 g/mol. The van der Waals surface area contributed by atoms with Gasteiger partial charge in [0.05, 0.1) is 12.2 Å². The van der Waals surface area contributed by atoms with E-state index in [4.69, 9.17) is 4.74 Å². The van der Waals surface area contributed by atoms with Crippen LogP contribution in [0.3, 0.4) is 0 Å². The van der Waals surface area contributed by atoms with Crippen molar-refractivity contribution in [2.45, 2.75) is 19.9 Å². The van der Waals surface area contributed by atoms with Crippen LogP contribution >= 0.6 is 0 Å². The number of hydrogen-bond donors (Lipinski definition) is 2. The van der Waals surface area contributed by atoms with Crippen molar-refractivity contribution in [1.29, 1.82) is 0 Å². The predicted octanol–water partition coefficient (Wildman–Crippen LogP) is 2.40. The number of carbonyl (C=O) groups excluding carboxylic acids is 2. The Balaban J connectivity index is 1.86. The third-order valence-corrected chi connectivity index (χ3v) is 3.81. The summed E-state index contributed by atoms with van der Waals surface area (Å²) < 4.78 is 31.1. The van der Waals surface area contributed by atoms with Gasteiger partial charge in [0.1, 0.15) is 6.04 Å². The Labute approximate surface area is 150 Å². The fraction of sp³-hybridized carbons (Fsp3) is 0.263. The van der Waals surface area contributed by atoms with E-state index in [-0.39, 0.29) is 18.5 Å². The van der Waals surface area contributed by atoms with Crippen LogP contribution in [0.5, 0.6) is 0 Å². The molecule has 26 heavy (non-hydrogen) atoms. The lowest BCUT2D eigenvalue weighted by atomic mass is 10.1. The fourth-order valence-corrected chi connectivity index (χ4v) is 2.33. The van der Waals surface area contributed by atoms with E-state index in [1.165, 1.54) is 6.07 Å². The SMILES string of the molecule is CCOC(=O)c1ccc(NC(=O)C[NH2+][C@H](C)c2ccc(F)c(F)c2)cc1. The topological polar surface area (TPSA) is 72.0 Å². The molecular formula is C19H21F2N2O3+. The first kappa shape index (κ1) is 19.5. The zero-order chi connectivity index (χ0) is 19.1. The molecule has 1 amide bonds. The Bertz CT molecular complexity index is 779. The maximum atomic E-state index is 13.3. The molecule has 2 aromatic carbocycles. The Morgan fingerprint density at radius 1 is 1.12 bits per heavy atom. The summed E-state index contributed by atoms with van der Waals surface area (Å²) >= 11 is 0. The first-order chi connectivity index (χ1) is 12.4. The Morgan fingerprint density at radius 2 is 1.81 bits per heavy atom. The molecule has 0 aliphatic carbocycles. The van der Waals surface area contributed by atoms with Gasteiger partial charge in [-0.3, -0.25) is 4.79 Å². The maximum Gasteiger partial charge on any atom is 0.338 e. The molecule has 0 saturated heterocycles. The van der Waals surface area contributed by atoms with E-state index in [1.54, 1.807) is 43.4 Å². The van der Waals surface area contributed by atoms with Gasteiger partial charge >= 0.3 is 5.97 Å². The van der Waals surface area contributed by atoms with Gasteiger partial charge in [0.25, 0.3) is 5.91 Å². The lowest BCUT2D eigenvalue weighted by molar-refractivity contribution is -0.682. The summed E-state index contributed by atoms with van der Waals surface area (Å²) in [5.41, 5.74) is 1.55. The van der Waals surface area contributed by atoms with E-state index in [9.17, 15) is 18.4 Å². The Kier molecular flexibility index (Phi) is 6.80. The lowest BCUT2D eigenvalue weighted by Crippen LogP contribution is -2.86. The fourth-order valence-electron chi connectivity index (χ4n) is 2.33. The number of carbonyl (C=O) groups is 2. The molecule has 7 heteroatoms. The van der Waals surface area contributed by atoms with Crippen LogP contribution in [0.1, 0.15) is 35.8 Å². The van der Waals surface area contributed by atoms with Gasteiger partial charge in [0, 0.05) is 11.3 Å². The normalized spacial score (nSPS) is 11.7. The van der Waals surface area contributed by atoms with Crippen LogP contribution in [0.25, 0.3) is 0 Å². The second-order valence-electron chi connectivity index (χ2n) is 5.75. The largest absolute Gasteiger partial charge is 0.462 e. The number of hydrogen-bond acceptors (Lipinski definition) is 3. The minimum atomic E-state index is -0.908. The molecule has 0 bridgehead atoms. The molecule has 0 saturated carbocycles. The summed E-state index contributed by atoms with van der Waals surface area (Å²) in [4.78, 5) is 23.6. The molecule has 1 atom stereocenters. The number of anilines is 1. The van der Waals surface area contributed by atoms with Crippen molar-refractivity contribution in [3.63, 3.8) is 0 Å². The summed E-state index contributed by atoms with van der Waals surface area (Å²) in [5.74, 6) is -2.47. The van der Waals surface area contributed by atoms with Crippen molar-refractivity contribution < 1.29 is 28.4 Å². The molecule has 2 rings (SSSR count). The highest BCUT2D eigenvalue weighted by Gasteiger charge is 2.14. The summed E-state index contributed by atoms with van der Waals surface area (Å²) in [6.45, 7) is 3.93. The molecular weight excluding hydrogens is 342 g/mol. The van der Waals surface area contributed by atoms with Gasteiger partial charge in [0.15, 0.2) is 18.2 Å². The van der Waals surface area contributed by atoms with Crippen molar-refractivity contribution in [3.8, 4) is 0 Å². The number of nitrogens with one attached hydrogen (secondary N) is 1. The van der Waals surface area contributed by atoms with Crippen molar-refractivity contribution in [2.24, 2.45) is 0 Å². The third kappa shape index (κ3) is 5.35. The summed E-state index contributed by atoms with van der Waals surface area (Å²) in [6, 6.07) is 9.85. The van der Waals surface area contributed by atoms with Crippen LogP contribution < -0.4 is 10.6 Å². The van der Waals surface area contributed by atoms with Crippen LogP contribution in [-0.2, 0) is 9.53 Å². The molecule has 0 fully saturated rings. The molecule has 0 aromatic heterocycles. The van der Waals surface area contributed by atoms with Crippen LogP contribution in [-0.4, -0.2) is 25.0 Å². The lowest BCUT2D eigenvalue weighted by Gasteiger charge is -2.11. The molecule has 3 N–H and O–H groups in total. The van der Waals surface area contributed by atoms with Gasteiger partial charge in [-0.25, -0.2) is 13.6 Å². The number of amides is 1. The van der Waals surface area contributed by atoms with Gasteiger partial charge in [-0.05, 0) is 56.3 Å². The number of benzene rings is 2. The number of halogens is 2. The van der Waals surface area contributed by atoms with Gasteiger partial charge in [-0.2, -0.15) is 0 Å². The summed E-state index contributed by atoms with van der Waals surface area (Å²) in [6.07, 6.45) is 0. The smallest absolute Gasteiger partial charge is 0.338 e. The molecule has 0 aliphatic heterocycles. The maximum absolute atomic E-state index is 13.3. The Morgan fingerprint density at radius 3 is 2.42 bits per heavy atom. The average Bonchev–Trinajstić information content (AvgIpc) is 2.62. The van der Waals surface area contributed by atoms with Crippen molar-refractivity contribution in [1.82, 2.24) is 0 Å². The molecule has 0 aliphatic rings. The summed E-state index contributed by atoms with van der Waals surface area (Å²) in [7, 11) is 0. The van der Waals surface area contributed by atoms with E-state index in [0.717, 1.165) is 12.1 Å². The van der Waals surface area contributed by atoms with Crippen molar-refractivity contribution in [2.75, 3.05) is 18.5 Å². The van der Waals surface area contributed by atoms with Crippen LogP contribution in [0, 0.1) is 11.6 Å². The molecule has 138 valence electrons. The van der Waals surface area contributed by atoms with Gasteiger partial charge in [0.2, 0.25) is 0 Å². The molecule has 0 spiro atoms. The van der Waals surface area contributed by atoms with Gasteiger partial charge in [-0.15, -0.1) is 0 Å². The quantitative estimate of drug-likeness (QED) is 0.742. The second-order valence-corrected chi connectivity index (χ2v) is 5.75. The highest BCUT2D eigenvalue weighted by atomic mass is 19.2. The van der Waals surface area contributed by atoms with E-state index >= 15 is 0 Å².